The summed E-state index contributed by atoms with van der Waals surface area (Å²) in [5, 5.41) is 3.17. The standard InChI is InChI=1S/C9H15N3/c1-7-4-3-5-9(8(7)2)11-6-12-10/h3-5,11-12H,6,10H2,1-2H3. The van der Waals surface area contributed by atoms with Crippen molar-refractivity contribution in [3.05, 3.63) is 29.3 Å². The number of anilines is 1. The average Bonchev–Trinajstić information content (AvgIpc) is 2.08. The normalized spacial score (nSPS) is 9.92. The first-order valence-electron chi connectivity index (χ1n) is 3.99. The van der Waals surface area contributed by atoms with Gasteiger partial charge in [0.25, 0.3) is 0 Å². The molecule has 0 saturated carbocycles. The molecule has 1 rings (SSSR count). The third-order valence-electron chi connectivity index (χ3n) is 1.99. The maximum absolute atomic E-state index is 5.15. The molecule has 3 nitrogen and oxygen atoms in total. The molecule has 12 heavy (non-hydrogen) atoms. The van der Waals surface area contributed by atoms with Gasteiger partial charge in [0.15, 0.2) is 0 Å². The van der Waals surface area contributed by atoms with Crippen LogP contribution in [0, 0.1) is 13.8 Å². The van der Waals surface area contributed by atoms with Crippen molar-refractivity contribution in [2.24, 2.45) is 5.84 Å². The number of aryl methyl sites for hydroxylation is 1. The summed E-state index contributed by atoms with van der Waals surface area (Å²) in [6.07, 6.45) is 0. The summed E-state index contributed by atoms with van der Waals surface area (Å²) in [5.41, 5.74) is 6.24. The summed E-state index contributed by atoms with van der Waals surface area (Å²) in [6.45, 7) is 4.77. The van der Waals surface area contributed by atoms with Gasteiger partial charge in [-0.3, -0.25) is 5.84 Å². The van der Waals surface area contributed by atoms with Gasteiger partial charge in [-0.2, -0.15) is 0 Å². The van der Waals surface area contributed by atoms with Crippen LogP contribution in [0.25, 0.3) is 0 Å². The second-order valence-electron chi connectivity index (χ2n) is 2.81. The highest BCUT2D eigenvalue weighted by Gasteiger charge is 1.97. The molecule has 0 radical (unpaired) electrons. The van der Waals surface area contributed by atoms with Crippen molar-refractivity contribution >= 4 is 5.69 Å². The first-order chi connectivity index (χ1) is 5.75. The van der Waals surface area contributed by atoms with Crippen LogP contribution in [-0.4, -0.2) is 6.67 Å². The molecular formula is C9H15N3. The van der Waals surface area contributed by atoms with E-state index in [9.17, 15) is 0 Å². The fourth-order valence-corrected chi connectivity index (χ4v) is 1.09. The minimum atomic E-state index is 0.588. The number of benzene rings is 1. The molecule has 0 atom stereocenters. The Morgan fingerprint density at radius 3 is 2.75 bits per heavy atom. The zero-order chi connectivity index (χ0) is 8.97. The number of nitrogens with one attached hydrogen (secondary N) is 2. The topological polar surface area (TPSA) is 50.1 Å². The van der Waals surface area contributed by atoms with Crippen LogP contribution in [0.15, 0.2) is 18.2 Å². The smallest absolute Gasteiger partial charge is 0.0780 e. The molecule has 0 unspecified atom stereocenters. The minimum absolute atomic E-state index is 0.588. The molecule has 0 aliphatic heterocycles. The molecule has 4 N–H and O–H groups in total. The second kappa shape index (κ2) is 4.09. The van der Waals surface area contributed by atoms with Crippen molar-refractivity contribution in [2.45, 2.75) is 13.8 Å². The van der Waals surface area contributed by atoms with E-state index in [4.69, 9.17) is 5.84 Å². The average molecular weight is 165 g/mol. The Morgan fingerprint density at radius 1 is 1.33 bits per heavy atom. The third-order valence-corrected chi connectivity index (χ3v) is 1.99. The van der Waals surface area contributed by atoms with E-state index < -0.39 is 0 Å². The highest BCUT2D eigenvalue weighted by Crippen LogP contribution is 2.16. The van der Waals surface area contributed by atoms with E-state index in [0.717, 1.165) is 5.69 Å². The summed E-state index contributed by atoms with van der Waals surface area (Å²) in [6, 6.07) is 6.16. The van der Waals surface area contributed by atoms with Crippen LogP contribution in [0.2, 0.25) is 0 Å². The Hall–Kier alpha value is -1.06. The monoisotopic (exact) mass is 165 g/mol. The first kappa shape index (κ1) is 9.03. The maximum Gasteiger partial charge on any atom is 0.0780 e. The van der Waals surface area contributed by atoms with Gasteiger partial charge in [0.05, 0.1) is 6.67 Å². The molecule has 0 aliphatic carbocycles. The highest BCUT2D eigenvalue weighted by atomic mass is 15.3. The number of hydrazine groups is 1. The third kappa shape index (κ3) is 1.96. The van der Waals surface area contributed by atoms with Crippen molar-refractivity contribution in [1.29, 1.82) is 0 Å². The van der Waals surface area contributed by atoms with Crippen LogP contribution in [0.1, 0.15) is 11.1 Å². The fraction of sp³-hybridized carbons (Fsp3) is 0.333. The van der Waals surface area contributed by atoms with Gasteiger partial charge in [-0.1, -0.05) is 12.1 Å². The predicted molar refractivity (Wildman–Crippen MR) is 51.7 cm³/mol. The van der Waals surface area contributed by atoms with E-state index >= 15 is 0 Å². The lowest BCUT2D eigenvalue weighted by atomic mass is 10.1. The lowest BCUT2D eigenvalue weighted by molar-refractivity contribution is 0.789. The molecule has 0 saturated heterocycles. The molecule has 0 aromatic heterocycles. The van der Waals surface area contributed by atoms with E-state index in [1.54, 1.807) is 0 Å². The number of hydrogen-bond donors (Lipinski definition) is 3. The lowest BCUT2D eigenvalue weighted by Gasteiger charge is -2.10. The van der Waals surface area contributed by atoms with E-state index in [1.165, 1.54) is 11.1 Å². The van der Waals surface area contributed by atoms with Crippen LogP contribution in [0.5, 0.6) is 0 Å². The summed E-state index contributed by atoms with van der Waals surface area (Å²) in [4.78, 5) is 0. The summed E-state index contributed by atoms with van der Waals surface area (Å²) in [7, 11) is 0. The van der Waals surface area contributed by atoms with Gasteiger partial charge in [0.2, 0.25) is 0 Å². The molecule has 0 aliphatic rings. The molecule has 0 spiro atoms. The van der Waals surface area contributed by atoms with Crippen molar-refractivity contribution in [3.63, 3.8) is 0 Å². The molecule has 3 heteroatoms. The van der Waals surface area contributed by atoms with Gasteiger partial charge in [-0.25, -0.2) is 5.43 Å². The summed E-state index contributed by atoms with van der Waals surface area (Å²) >= 11 is 0. The Balaban J connectivity index is 2.78. The Kier molecular flexibility index (Phi) is 3.08. The number of rotatable bonds is 3. The molecule has 0 fully saturated rings. The van der Waals surface area contributed by atoms with Gasteiger partial charge in [0, 0.05) is 5.69 Å². The zero-order valence-corrected chi connectivity index (χ0v) is 7.52. The maximum atomic E-state index is 5.15. The second-order valence-corrected chi connectivity index (χ2v) is 2.81. The molecule has 0 bridgehead atoms. The fourth-order valence-electron chi connectivity index (χ4n) is 1.09. The van der Waals surface area contributed by atoms with E-state index in [1.807, 2.05) is 12.1 Å². The van der Waals surface area contributed by atoms with Gasteiger partial charge in [0.1, 0.15) is 0 Å². The minimum Gasteiger partial charge on any atom is -0.371 e. The summed E-state index contributed by atoms with van der Waals surface area (Å²) in [5.74, 6) is 5.15. The Labute approximate surface area is 72.9 Å². The van der Waals surface area contributed by atoms with Crippen LogP contribution in [0.4, 0.5) is 5.69 Å². The van der Waals surface area contributed by atoms with Crippen molar-refractivity contribution in [1.82, 2.24) is 5.43 Å². The van der Waals surface area contributed by atoms with Gasteiger partial charge in [-0.05, 0) is 31.0 Å². The largest absolute Gasteiger partial charge is 0.371 e. The van der Waals surface area contributed by atoms with Crippen LogP contribution in [0.3, 0.4) is 0 Å². The lowest BCUT2D eigenvalue weighted by Crippen LogP contribution is -2.28. The number of nitrogens with two attached hydrogens (primary N) is 1. The van der Waals surface area contributed by atoms with Gasteiger partial charge >= 0.3 is 0 Å². The van der Waals surface area contributed by atoms with Crippen molar-refractivity contribution < 1.29 is 0 Å². The van der Waals surface area contributed by atoms with E-state index in [2.05, 4.69) is 30.7 Å². The first-order valence-corrected chi connectivity index (χ1v) is 3.99. The highest BCUT2D eigenvalue weighted by molar-refractivity contribution is 5.53. The quantitative estimate of drug-likeness (QED) is 0.357. The molecule has 1 aromatic carbocycles. The van der Waals surface area contributed by atoms with Crippen LogP contribution < -0.4 is 16.6 Å². The van der Waals surface area contributed by atoms with Crippen molar-refractivity contribution in [2.75, 3.05) is 12.0 Å². The predicted octanol–water partition coefficient (Wildman–Crippen LogP) is 1.14. The Morgan fingerprint density at radius 2 is 2.08 bits per heavy atom. The molecular weight excluding hydrogens is 150 g/mol. The number of hydrogen-bond acceptors (Lipinski definition) is 3. The van der Waals surface area contributed by atoms with Gasteiger partial charge in [-0.15, -0.1) is 0 Å². The van der Waals surface area contributed by atoms with E-state index in [0.29, 0.717) is 6.67 Å². The molecule has 0 heterocycles. The van der Waals surface area contributed by atoms with Crippen LogP contribution >= 0.6 is 0 Å². The molecule has 66 valence electrons. The Bertz CT molecular complexity index is 258. The summed E-state index contributed by atoms with van der Waals surface area (Å²) < 4.78 is 0. The van der Waals surface area contributed by atoms with Gasteiger partial charge < -0.3 is 5.32 Å². The molecule has 1 aromatic rings. The zero-order valence-electron chi connectivity index (χ0n) is 7.52. The SMILES string of the molecule is Cc1cccc(NCNN)c1C. The van der Waals surface area contributed by atoms with E-state index in [-0.39, 0.29) is 0 Å². The molecule has 0 amide bonds. The van der Waals surface area contributed by atoms with Crippen LogP contribution in [-0.2, 0) is 0 Å². The van der Waals surface area contributed by atoms with Crippen molar-refractivity contribution in [3.8, 4) is 0 Å².